The maximum absolute atomic E-state index is 13.2. The predicted molar refractivity (Wildman–Crippen MR) is 163 cm³/mol. The molecule has 0 unspecified atom stereocenters. The van der Waals surface area contributed by atoms with Crippen LogP contribution < -0.4 is 4.90 Å². The Labute approximate surface area is 242 Å². The molecule has 210 valence electrons. The maximum atomic E-state index is 13.2. The van der Waals surface area contributed by atoms with E-state index in [0.717, 1.165) is 23.5 Å². The van der Waals surface area contributed by atoms with Crippen molar-refractivity contribution in [2.45, 2.75) is 20.3 Å². The Hall–Kier alpha value is -4.52. The van der Waals surface area contributed by atoms with Gasteiger partial charge in [-0.1, -0.05) is 86.6 Å². The number of piperazine rings is 1. The van der Waals surface area contributed by atoms with Gasteiger partial charge < -0.3 is 14.7 Å². The maximum Gasteiger partial charge on any atom is 0.254 e. The van der Waals surface area contributed by atoms with Crippen LogP contribution in [0.5, 0.6) is 0 Å². The fourth-order valence-electron chi connectivity index (χ4n) is 4.99. The van der Waals surface area contributed by atoms with Crippen molar-refractivity contribution in [3.05, 3.63) is 103 Å². The third-order valence-corrected chi connectivity index (χ3v) is 7.51. The molecular formula is C34H37N5O2. The van der Waals surface area contributed by atoms with E-state index in [-0.39, 0.29) is 18.4 Å². The minimum absolute atomic E-state index is 0.0157. The number of aromatic nitrogens is 2. The fraction of sp³-hybridized carbons (Fsp3) is 0.294. The van der Waals surface area contributed by atoms with Crippen LogP contribution in [-0.4, -0.2) is 71.1 Å². The van der Waals surface area contributed by atoms with Crippen LogP contribution in [-0.2, 0) is 4.79 Å². The summed E-state index contributed by atoms with van der Waals surface area (Å²) >= 11 is 0. The molecule has 1 saturated heterocycles. The van der Waals surface area contributed by atoms with Crippen LogP contribution in [0.1, 0.15) is 30.6 Å². The van der Waals surface area contributed by atoms with Gasteiger partial charge in [0.15, 0.2) is 5.82 Å². The Morgan fingerprint density at radius 3 is 1.95 bits per heavy atom. The quantitative estimate of drug-likeness (QED) is 0.271. The number of hydrogen-bond donors (Lipinski definition) is 0. The molecule has 0 radical (unpaired) electrons. The summed E-state index contributed by atoms with van der Waals surface area (Å²) in [5, 5.41) is 8.98. The van der Waals surface area contributed by atoms with E-state index < -0.39 is 0 Å². The molecule has 3 aromatic carbocycles. The minimum Gasteiger partial charge on any atom is -0.352 e. The van der Waals surface area contributed by atoms with Crippen molar-refractivity contribution in [3.63, 3.8) is 0 Å². The average Bonchev–Trinajstić information content (AvgIpc) is 3.03. The summed E-state index contributed by atoms with van der Waals surface area (Å²) in [5.41, 5.74) is 4.81. The third kappa shape index (κ3) is 7.17. The van der Waals surface area contributed by atoms with Crippen molar-refractivity contribution in [2.75, 3.05) is 44.2 Å². The highest BCUT2D eigenvalue weighted by Crippen LogP contribution is 2.24. The van der Waals surface area contributed by atoms with E-state index in [2.05, 4.69) is 65.3 Å². The molecule has 5 rings (SSSR count). The molecule has 4 aromatic rings. The second-order valence-electron chi connectivity index (χ2n) is 10.9. The first-order valence-corrected chi connectivity index (χ1v) is 14.3. The van der Waals surface area contributed by atoms with E-state index in [1.807, 2.05) is 53.4 Å². The summed E-state index contributed by atoms with van der Waals surface area (Å²) in [6.07, 6.45) is 0.853. The van der Waals surface area contributed by atoms with Crippen molar-refractivity contribution in [3.8, 4) is 22.4 Å². The summed E-state index contributed by atoms with van der Waals surface area (Å²) in [4.78, 5) is 32.1. The van der Waals surface area contributed by atoms with Crippen LogP contribution in [0.3, 0.4) is 0 Å². The second-order valence-corrected chi connectivity index (χ2v) is 10.9. The zero-order chi connectivity index (χ0) is 28.6. The lowest BCUT2D eigenvalue weighted by Gasteiger charge is -2.36. The topological polar surface area (TPSA) is 69.6 Å². The van der Waals surface area contributed by atoms with Gasteiger partial charge >= 0.3 is 0 Å². The van der Waals surface area contributed by atoms with Crippen molar-refractivity contribution >= 4 is 17.6 Å². The van der Waals surface area contributed by atoms with Gasteiger partial charge in [0.1, 0.15) is 6.54 Å². The Bertz CT molecular complexity index is 1420. The van der Waals surface area contributed by atoms with Crippen molar-refractivity contribution in [2.24, 2.45) is 5.92 Å². The number of benzene rings is 3. The van der Waals surface area contributed by atoms with Crippen LogP contribution in [0.4, 0.5) is 5.82 Å². The highest BCUT2D eigenvalue weighted by molar-refractivity contribution is 5.96. The van der Waals surface area contributed by atoms with E-state index in [9.17, 15) is 9.59 Å². The molecule has 0 saturated carbocycles. The normalized spacial score (nSPS) is 13.3. The number of amides is 2. The zero-order valence-corrected chi connectivity index (χ0v) is 23.8. The minimum atomic E-state index is -0.0942. The Kier molecular flexibility index (Phi) is 9.04. The van der Waals surface area contributed by atoms with Crippen LogP contribution in [0, 0.1) is 5.92 Å². The molecule has 0 atom stereocenters. The number of anilines is 1. The van der Waals surface area contributed by atoms with Gasteiger partial charge in [-0.2, -0.15) is 0 Å². The van der Waals surface area contributed by atoms with Gasteiger partial charge in [-0.15, -0.1) is 10.2 Å². The molecule has 7 nitrogen and oxygen atoms in total. The van der Waals surface area contributed by atoms with Gasteiger partial charge in [-0.25, -0.2) is 0 Å². The van der Waals surface area contributed by atoms with E-state index in [0.29, 0.717) is 44.2 Å². The first kappa shape index (κ1) is 28.0. The molecule has 1 fully saturated rings. The van der Waals surface area contributed by atoms with Crippen molar-refractivity contribution < 1.29 is 9.59 Å². The zero-order valence-electron chi connectivity index (χ0n) is 23.8. The van der Waals surface area contributed by atoms with Gasteiger partial charge in [-0.3, -0.25) is 9.59 Å². The fourth-order valence-corrected chi connectivity index (χ4v) is 4.99. The second kappa shape index (κ2) is 13.2. The van der Waals surface area contributed by atoms with Crippen molar-refractivity contribution in [1.82, 2.24) is 20.0 Å². The van der Waals surface area contributed by atoms with Crippen molar-refractivity contribution in [1.29, 1.82) is 0 Å². The monoisotopic (exact) mass is 547 g/mol. The Morgan fingerprint density at radius 1 is 0.732 bits per heavy atom. The molecule has 1 aliphatic rings. The number of rotatable bonds is 9. The van der Waals surface area contributed by atoms with Gasteiger partial charge in [0, 0.05) is 43.9 Å². The molecule has 1 aliphatic heterocycles. The van der Waals surface area contributed by atoms with Crippen LogP contribution in [0.2, 0.25) is 0 Å². The van der Waals surface area contributed by atoms with Gasteiger partial charge in [0.2, 0.25) is 5.91 Å². The largest absolute Gasteiger partial charge is 0.352 e. The summed E-state index contributed by atoms with van der Waals surface area (Å²) in [7, 11) is 0. The highest BCUT2D eigenvalue weighted by atomic mass is 16.2. The SMILES string of the molecule is CC(C)CCN(CC(=O)N1CCN(c2ccc(-c3ccc(-c4ccccc4)cc3)nn2)CC1)C(=O)c1ccccc1. The third-order valence-electron chi connectivity index (χ3n) is 7.51. The number of hydrogen-bond acceptors (Lipinski definition) is 5. The van der Waals surface area contributed by atoms with Gasteiger partial charge in [0.05, 0.1) is 5.69 Å². The Morgan fingerprint density at radius 2 is 1.34 bits per heavy atom. The number of carbonyl (C=O) groups excluding carboxylic acids is 2. The molecule has 0 spiro atoms. The van der Waals surface area contributed by atoms with E-state index >= 15 is 0 Å². The standard InChI is InChI=1S/C34H37N5O2/c1-26(2)19-20-39(34(41)30-11-7-4-8-12-30)25-33(40)38-23-21-37(22-24-38)32-18-17-31(35-36-32)29-15-13-28(14-16-29)27-9-5-3-6-10-27/h3-18,26H,19-25H2,1-2H3. The first-order valence-electron chi connectivity index (χ1n) is 14.3. The molecule has 2 heterocycles. The van der Waals surface area contributed by atoms with E-state index in [4.69, 9.17) is 0 Å². The summed E-state index contributed by atoms with van der Waals surface area (Å²) in [6, 6.07) is 31.9. The predicted octanol–water partition coefficient (Wildman–Crippen LogP) is 5.65. The molecule has 0 bridgehead atoms. The molecule has 2 amide bonds. The van der Waals surface area contributed by atoms with Crippen LogP contribution >= 0.6 is 0 Å². The van der Waals surface area contributed by atoms with Gasteiger partial charge in [0.25, 0.3) is 5.91 Å². The molecule has 1 aromatic heterocycles. The molecule has 7 heteroatoms. The Balaban J connectivity index is 1.16. The summed E-state index contributed by atoms with van der Waals surface area (Å²) in [6.45, 7) is 7.43. The molecular weight excluding hydrogens is 510 g/mol. The molecule has 0 N–H and O–H groups in total. The smallest absolute Gasteiger partial charge is 0.254 e. The lowest BCUT2D eigenvalue weighted by molar-refractivity contribution is -0.132. The molecule has 0 aliphatic carbocycles. The summed E-state index contributed by atoms with van der Waals surface area (Å²) < 4.78 is 0. The summed E-state index contributed by atoms with van der Waals surface area (Å²) in [5.74, 6) is 1.14. The van der Waals surface area contributed by atoms with Crippen LogP contribution in [0.25, 0.3) is 22.4 Å². The lowest BCUT2D eigenvalue weighted by atomic mass is 10.0. The number of nitrogens with zero attached hydrogens (tertiary/aromatic N) is 5. The highest BCUT2D eigenvalue weighted by Gasteiger charge is 2.26. The van der Waals surface area contributed by atoms with E-state index in [1.54, 1.807) is 17.0 Å². The number of carbonyl (C=O) groups is 2. The van der Waals surface area contributed by atoms with E-state index in [1.165, 1.54) is 11.1 Å². The first-order chi connectivity index (χ1) is 20.0. The lowest BCUT2D eigenvalue weighted by Crippen LogP contribution is -2.52. The van der Waals surface area contributed by atoms with Gasteiger partial charge in [-0.05, 0) is 47.7 Å². The molecule has 41 heavy (non-hydrogen) atoms. The van der Waals surface area contributed by atoms with Crippen LogP contribution in [0.15, 0.2) is 97.1 Å². The average molecular weight is 548 g/mol.